The summed E-state index contributed by atoms with van der Waals surface area (Å²) in [5.74, 6) is -1.26. The third kappa shape index (κ3) is 8.10. The van der Waals surface area contributed by atoms with Gasteiger partial charge in [-0.25, -0.2) is 14.6 Å². The second-order valence-corrected chi connectivity index (χ2v) is 14.8. The van der Waals surface area contributed by atoms with Gasteiger partial charge in [-0.15, -0.1) is 0 Å². The van der Waals surface area contributed by atoms with E-state index in [0.29, 0.717) is 35.6 Å². The Kier molecular flexibility index (Phi) is 10.2. The first-order valence-electron chi connectivity index (χ1n) is 17.7. The molecule has 1 saturated carbocycles. The van der Waals surface area contributed by atoms with E-state index in [9.17, 15) is 24.3 Å². The third-order valence-corrected chi connectivity index (χ3v) is 9.76. The summed E-state index contributed by atoms with van der Waals surface area (Å²) in [5, 5.41) is 19.5. The van der Waals surface area contributed by atoms with Gasteiger partial charge in [-0.1, -0.05) is 55.3 Å². The number of carbonyl (C=O) groups excluding carboxylic acids is 3. The molecule has 1 aliphatic carbocycles. The smallest absolute Gasteiger partial charge is 0.330 e. The minimum Gasteiger partial charge on any atom is -0.497 e. The zero-order valence-electron chi connectivity index (χ0n) is 29.6. The van der Waals surface area contributed by atoms with Crippen LogP contribution in [0.5, 0.6) is 11.5 Å². The number of carboxylic acids is 1. The number of ether oxygens (including phenoxy) is 2. The number of rotatable bonds is 6. The topological polar surface area (TPSA) is 159 Å². The van der Waals surface area contributed by atoms with E-state index in [-0.39, 0.29) is 25.3 Å². The van der Waals surface area contributed by atoms with E-state index in [1.165, 1.54) is 4.90 Å². The van der Waals surface area contributed by atoms with Gasteiger partial charge in [0.25, 0.3) is 0 Å². The Morgan fingerprint density at radius 1 is 1.06 bits per heavy atom. The van der Waals surface area contributed by atoms with E-state index in [2.05, 4.69) is 16.0 Å². The molecule has 0 bridgehead atoms. The van der Waals surface area contributed by atoms with Crippen LogP contribution in [0.1, 0.15) is 65.7 Å². The van der Waals surface area contributed by atoms with Crippen molar-refractivity contribution in [1.29, 1.82) is 0 Å². The normalized spacial score (nSPS) is 25.5. The summed E-state index contributed by atoms with van der Waals surface area (Å²) in [7, 11) is 1.59. The van der Waals surface area contributed by atoms with Crippen molar-refractivity contribution in [2.45, 2.75) is 95.0 Å². The number of carboxylic acid groups (broad SMARTS) is 1. The average molecular weight is 698 g/mol. The largest absolute Gasteiger partial charge is 0.497 e. The number of pyridine rings is 1. The number of nitrogens with one attached hydrogen (secondary N) is 3. The van der Waals surface area contributed by atoms with Crippen LogP contribution in [0.3, 0.4) is 0 Å². The maximum Gasteiger partial charge on any atom is 0.330 e. The van der Waals surface area contributed by atoms with Gasteiger partial charge in [-0.2, -0.15) is 0 Å². The maximum atomic E-state index is 14.4. The van der Waals surface area contributed by atoms with E-state index in [0.717, 1.165) is 30.2 Å². The van der Waals surface area contributed by atoms with Gasteiger partial charge in [0.2, 0.25) is 11.8 Å². The van der Waals surface area contributed by atoms with Crippen molar-refractivity contribution in [3.05, 3.63) is 66.7 Å². The highest BCUT2D eigenvalue weighted by Gasteiger charge is 2.61. The first-order valence-corrected chi connectivity index (χ1v) is 17.7. The number of hydrogen-bond acceptors (Lipinski definition) is 7. The van der Waals surface area contributed by atoms with Crippen LogP contribution in [0.4, 0.5) is 4.79 Å². The average Bonchev–Trinajstić information content (AvgIpc) is 3.63. The molecule has 51 heavy (non-hydrogen) atoms. The van der Waals surface area contributed by atoms with Crippen LogP contribution < -0.4 is 25.4 Å². The molecule has 6 rings (SSSR count). The minimum atomic E-state index is -1.43. The van der Waals surface area contributed by atoms with Crippen LogP contribution in [0.15, 0.2) is 66.7 Å². The molecule has 12 heteroatoms. The Balaban J connectivity index is 1.34. The van der Waals surface area contributed by atoms with E-state index in [1.807, 2.05) is 87.5 Å². The highest BCUT2D eigenvalue weighted by Crippen LogP contribution is 2.45. The summed E-state index contributed by atoms with van der Waals surface area (Å²) in [4.78, 5) is 60.4. The minimum absolute atomic E-state index is 0.0556. The van der Waals surface area contributed by atoms with Crippen molar-refractivity contribution in [1.82, 2.24) is 25.8 Å². The van der Waals surface area contributed by atoms with Crippen LogP contribution in [0.2, 0.25) is 0 Å². The van der Waals surface area contributed by atoms with E-state index in [4.69, 9.17) is 14.5 Å². The van der Waals surface area contributed by atoms with Crippen LogP contribution in [-0.4, -0.2) is 81.7 Å². The zero-order valence-corrected chi connectivity index (χ0v) is 29.6. The van der Waals surface area contributed by atoms with Crippen LogP contribution >= 0.6 is 0 Å². The van der Waals surface area contributed by atoms with Crippen molar-refractivity contribution in [3.63, 3.8) is 0 Å². The Morgan fingerprint density at radius 3 is 2.57 bits per heavy atom. The van der Waals surface area contributed by atoms with Gasteiger partial charge in [0.1, 0.15) is 35.2 Å². The Hall–Kier alpha value is -5.13. The van der Waals surface area contributed by atoms with E-state index in [1.54, 1.807) is 7.11 Å². The number of hydrogen-bond donors (Lipinski definition) is 4. The molecule has 3 aromatic rings. The molecule has 0 spiro atoms. The molecule has 2 fully saturated rings. The second kappa shape index (κ2) is 14.6. The van der Waals surface area contributed by atoms with Crippen LogP contribution in [0.25, 0.3) is 22.2 Å². The number of amides is 4. The lowest BCUT2D eigenvalue weighted by Crippen LogP contribution is -2.58. The standard InChI is InChI=1S/C39H47N5O7/c1-38(2,3)43-37(49)41-29-16-12-7-5-6-11-15-25-22-39(25,36(47)48)42-34(45)32-20-27(23-44(32)35(29)46)51-33-21-30(24-13-9-8-10-14-24)40-31-19-26(50-4)17-18-28(31)33/h8-11,13-15,17-19,21,25,27,29,32H,5-7,12,16,20,22-23H2,1-4H3,(H,42,45)(H,47,48)(H2,41,43,49)/t25?,27-,29+,32+,39-/m1/s1. The van der Waals surface area contributed by atoms with Crippen LogP contribution in [0, 0.1) is 5.92 Å². The molecule has 1 saturated heterocycles. The summed E-state index contributed by atoms with van der Waals surface area (Å²) in [6.45, 7) is 5.62. The van der Waals surface area contributed by atoms with Gasteiger partial charge in [0.05, 0.1) is 24.9 Å². The van der Waals surface area contributed by atoms with Crippen molar-refractivity contribution in [2.75, 3.05) is 13.7 Å². The number of nitrogens with zero attached hydrogens (tertiary/aromatic N) is 2. The molecule has 0 radical (unpaired) electrons. The summed E-state index contributed by atoms with van der Waals surface area (Å²) < 4.78 is 12.1. The summed E-state index contributed by atoms with van der Waals surface area (Å²) in [6, 6.07) is 14.6. The molecule has 4 amide bonds. The Bertz CT molecular complexity index is 1820. The molecule has 270 valence electrons. The van der Waals surface area contributed by atoms with Gasteiger partial charge < -0.3 is 35.4 Å². The first-order chi connectivity index (χ1) is 24.4. The quantitative estimate of drug-likeness (QED) is 0.256. The van der Waals surface area contributed by atoms with Gasteiger partial charge in [0, 0.05) is 41.0 Å². The number of benzene rings is 2. The van der Waals surface area contributed by atoms with Crippen LogP contribution in [-0.2, 0) is 14.4 Å². The number of fused-ring (bicyclic) bond motifs is 3. The van der Waals surface area contributed by atoms with Crippen molar-refractivity contribution in [2.24, 2.45) is 5.92 Å². The highest BCUT2D eigenvalue weighted by atomic mass is 16.5. The summed E-state index contributed by atoms with van der Waals surface area (Å²) in [6.07, 6.45) is 7.12. The molecule has 1 unspecified atom stereocenters. The lowest BCUT2D eigenvalue weighted by Gasteiger charge is -2.30. The molecule has 3 aliphatic rings. The predicted octanol–water partition coefficient (Wildman–Crippen LogP) is 5.20. The predicted molar refractivity (Wildman–Crippen MR) is 192 cm³/mol. The third-order valence-electron chi connectivity index (χ3n) is 9.76. The summed E-state index contributed by atoms with van der Waals surface area (Å²) >= 11 is 0. The van der Waals surface area contributed by atoms with Gasteiger partial charge in [-0.05, 0) is 58.6 Å². The SMILES string of the molecule is COc1ccc2c(O[C@@H]3C[C@H]4C(=O)N[C@]5(C(=O)O)CC5C=CCCCCC[C@H](NC(=O)NC(C)(C)C)C(=O)N4C3)cc(-c3ccccc3)nc2c1. The number of aromatic nitrogens is 1. The molecule has 4 N–H and O–H groups in total. The van der Waals surface area contributed by atoms with Crippen molar-refractivity contribution in [3.8, 4) is 22.8 Å². The molecule has 3 heterocycles. The first kappa shape index (κ1) is 35.7. The van der Waals surface area contributed by atoms with E-state index < -0.39 is 53.1 Å². The zero-order chi connectivity index (χ0) is 36.3. The fourth-order valence-corrected chi connectivity index (χ4v) is 7.02. The number of aliphatic carboxylic acids is 1. The molecule has 2 aliphatic heterocycles. The highest BCUT2D eigenvalue weighted by molar-refractivity contribution is 5.96. The van der Waals surface area contributed by atoms with Gasteiger partial charge in [0.15, 0.2) is 0 Å². The Morgan fingerprint density at radius 2 is 1.84 bits per heavy atom. The molecule has 12 nitrogen and oxygen atoms in total. The fourth-order valence-electron chi connectivity index (χ4n) is 7.02. The number of carbonyl (C=O) groups is 4. The lowest BCUT2D eigenvalue weighted by molar-refractivity contribution is -0.145. The van der Waals surface area contributed by atoms with Gasteiger partial charge in [-0.3, -0.25) is 9.59 Å². The fraction of sp³-hybridized carbons (Fsp3) is 0.462. The van der Waals surface area contributed by atoms with Crippen molar-refractivity contribution >= 4 is 34.7 Å². The maximum absolute atomic E-state index is 14.4. The summed E-state index contributed by atoms with van der Waals surface area (Å²) in [5.41, 5.74) is 0.249. The van der Waals surface area contributed by atoms with Gasteiger partial charge >= 0.3 is 12.0 Å². The molecular formula is C39H47N5O7. The lowest BCUT2D eigenvalue weighted by atomic mass is 10.0. The second-order valence-electron chi connectivity index (χ2n) is 14.8. The van der Waals surface area contributed by atoms with E-state index >= 15 is 0 Å². The number of allylic oxidation sites excluding steroid dienone is 1. The molecule has 5 atom stereocenters. The number of methoxy groups -OCH3 is 1. The number of urea groups is 1. The monoisotopic (exact) mass is 697 g/mol. The molecule has 2 aromatic carbocycles. The van der Waals surface area contributed by atoms with Crippen molar-refractivity contribution < 1.29 is 33.8 Å². The molecule has 1 aromatic heterocycles. The Labute approximate surface area is 298 Å². The molecular weight excluding hydrogens is 650 g/mol.